The molecular weight excluding hydrogens is 430 g/mol. The lowest BCUT2D eigenvalue weighted by Crippen LogP contribution is -2.44. The smallest absolute Gasteiger partial charge is 0.408 e. The highest BCUT2D eigenvalue weighted by Crippen LogP contribution is 2.38. The third-order valence-corrected chi connectivity index (χ3v) is 10.1. The van der Waals surface area contributed by atoms with Gasteiger partial charge in [0.05, 0.1) is 6.04 Å². The standard InChI is InChI=1S/C23H39NO5SSi/c1-17-15-18(11-12-20(17)29-31(9,10)23(5,6)7)16-19(13-14-30(8,26)27)24-21(25)28-22(2,3)4/h11-15,19H,16H2,1-10H3,(H,24,25)/b14-13+/t19-/m1/s1. The van der Waals surface area contributed by atoms with Gasteiger partial charge in [0.1, 0.15) is 11.4 Å². The SMILES string of the molecule is Cc1cc(C[C@@H](/C=C/S(C)(=O)=O)NC(=O)OC(C)(C)C)ccc1O[Si](C)(C)C(C)(C)C. The van der Waals surface area contributed by atoms with Crippen LogP contribution in [0.2, 0.25) is 18.1 Å². The van der Waals surface area contributed by atoms with E-state index in [2.05, 4.69) is 39.2 Å². The number of sulfone groups is 1. The second-order valence-corrected chi connectivity index (χ2v) is 17.2. The molecule has 1 N–H and O–H groups in total. The molecule has 1 aromatic rings. The first kappa shape index (κ1) is 27.2. The van der Waals surface area contributed by atoms with Crippen molar-refractivity contribution >= 4 is 24.2 Å². The fourth-order valence-corrected chi connectivity index (χ4v) is 4.06. The number of carbonyl (C=O) groups excluding carboxylic acids is 1. The topological polar surface area (TPSA) is 81.7 Å². The number of rotatable bonds is 7. The molecule has 0 heterocycles. The predicted octanol–water partition coefficient (Wildman–Crippen LogP) is 5.37. The normalized spacial score (nSPS) is 14.4. The van der Waals surface area contributed by atoms with E-state index in [1.807, 2.05) is 25.1 Å². The highest BCUT2D eigenvalue weighted by Gasteiger charge is 2.39. The molecule has 8 heteroatoms. The highest BCUT2D eigenvalue weighted by atomic mass is 32.2. The molecule has 0 aromatic heterocycles. The van der Waals surface area contributed by atoms with E-state index >= 15 is 0 Å². The second-order valence-electron chi connectivity index (χ2n) is 10.6. The lowest BCUT2D eigenvalue weighted by atomic mass is 10.0. The number of carbonyl (C=O) groups is 1. The molecule has 0 aliphatic heterocycles. The van der Waals surface area contributed by atoms with E-state index in [1.54, 1.807) is 20.8 Å². The molecule has 1 amide bonds. The van der Waals surface area contributed by atoms with E-state index in [0.717, 1.165) is 28.5 Å². The van der Waals surface area contributed by atoms with Crippen LogP contribution >= 0.6 is 0 Å². The molecule has 0 saturated heterocycles. The third kappa shape index (κ3) is 9.91. The van der Waals surface area contributed by atoms with Gasteiger partial charge in [-0.2, -0.15) is 0 Å². The Bertz CT molecular complexity index is 909. The number of benzene rings is 1. The van der Waals surface area contributed by atoms with E-state index in [1.165, 1.54) is 6.08 Å². The van der Waals surface area contributed by atoms with Crippen molar-refractivity contribution in [3.63, 3.8) is 0 Å². The number of hydrogen-bond donors (Lipinski definition) is 1. The molecule has 0 unspecified atom stereocenters. The van der Waals surface area contributed by atoms with E-state index in [9.17, 15) is 13.2 Å². The van der Waals surface area contributed by atoms with Crippen molar-refractivity contribution in [1.82, 2.24) is 5.32 Å². The molecule has 1 atom stereocenters. The monoisotopic (exact) mass is 469 g/mol. The van der Waals surface area contributed by atoms with Crippen molar-refractivity contribution in [3.05, 3.63) is 40.8 Å². The van der Waals surface area contributed by atoms with E-state index in [-0.39, 0.29) is 5.04 Å². The quantitative estimate of drug-likeness (QED) is 0.543. The molecule has 0 aliphatic carbocycles. The molecule has 0 radical (unpaired) electrons. The molecule has 176 valence electrons. The van der Waals surface area contributed by atoms with Gasteiger partial charge >= 0.3 is 6.09 Å². The Hall–Kier alpha value is -1.80. The van der Waals surface area contributed by atoms with Crippen molar-refractivity contribution < 1.29 is 22.4 Å². The van der Waals surface area contributed by atoms with E-state index < -0.39 is 35.9 Å². The Kier molecular flexibility index (Phi) is 8.58. The van der Waals surface area contributed by atoms with Gasteiger partial charge in [-0.15, -0.1) is 0 Å². The number of hydrogen-bond acceptors (Lipinski definition) is 5. The molecule has 31 heavy (non-hydrogen) atoms. The molecule has 1 rings (SSSR count). The summed E-state index contributed by atoms with van der Waals surface area (Å²) in [6, 6.07) is 5.39. The zero-order valence-electron chi connectivity index (χ0n) is 20.6. The maximum atomic E-state index is 12.2. The largest absolute Gasteiger partial charge is 0.543 e. The lowest BCUT2D eigenvalue weighted by Gasteiger charge is -2.37. The van der Waals surface area contributed by atoms with Gasteiger partial charge in [-0.05, 0) is 69.4 Å². The minimum atomic E-state index is -3.32. The molecule has 0 fully saturated rings. The van der Waals surface area contributed by atoms with Crippen LogP contribution in [0.5, 0.6) is 5.75 Å². The minimum Gasteiger partial charge on any atom is -0.543 e. The summed E-state index contributed by atoms with van der Waals surface area (Å²) in [5.74, 6) is 0.860. The van der Waals surface area contributed by atoms with Crippen LogP contribution in [0.3, 0.4) is 0 Å². The zero-order valence-corrected chi connectivity index (χ0v) is 22.4. The van der Waals surface area contributed by atoms with Crippen molar-refractivity contribution in [2.45, 2.75) is 84.7 Å². The first-order valence-corrected chi connectivity index (χ1v) is 15.3. The van der Waals surface area contributed by atoms with Crippen LogP contribution in [0, 0.1) is 6.92 Å². The zero-order chi connectivity index (χ0) is 24.3. The van der Waals surface area contributed by atoms with Crippen molar-refractivity contribution in [1.29, 1.82) is 0 Å². The third-order valence-electron chi connectivity index (χ3n) is 5.13. The predicted molar refractivity (Wildman–Crippen MR) is 130 cm³/mol. The second kappa shape index (κ2) is 9.77. The van der Waals surface area contributed by atoms with Crippen LogP contribution < -0.4 is 9.74 Å². The first-order valence-electron chi connectivity index (χ1n) is 10.5. The highest BCUT2D eigenvalue weighted by molar-refractivity contribution is 7.93. The molecule has 0 bridgehead atoms. The molecule has 1 aromatic carbocycles. The van der Waals surface area contributed by atoms with Crippen LogP contribution in [0.1, 0.15) is 52.7 Å². The molecule has 0 spiro atoms. The summed E-state index contributed by atoms with van der Waals surface area (Å²) >= 11 is 0. The van der Waals surface area contributed by atoms with Crippen LogP contribution in [0.25, 0.3) is 0 Å². The van der Waals surface area contributed by atoms with Gasteiger partial charge in [0.15, 0.2) is 9.84 Å². The first-order chi connectivity index (χ1) is 13.8. The Morgan fingerprint density at radius 3 is 2.19 bits per heavy atom. The van der Waals surface area contributed by atoms with Gasteiger partial charge in [-0.1, -0.05) is 39.0 Å². The summed E-state index contributed by atoms with van der Waals surface area (Å²) < 4.78 is 34.9. The molecular formula is C23H39NO5SSi. The van der Waals surface area contributed by atoms with E-state index in [0.29, 0.717) is 6.42 Å². The average Bonchev–Trinajstić information content (AvgIpc) is 2.51. The van der Waals surface area contributed by atoms with Crippen LogP contribution in [0.4, 0.5) is 4.79 Å². The number of ether oxygens (including phenoxy) is 1. The van der Waals surface area contributed by atoms with Gasteiger partial charge in [0, 0.05) is 11.7 Å². The Labute approximate surface area is 189 Å². The number of alkyl carbamates (subject to hydrolysis) is 1. The fourth-order valence-electron chi connectivity index (χ4n) is 2.50. The average molecular weight is 470 g/mol. The summed E-state index contributed by atoms with van der Waals surface area (Å²) in [6.07, 6.45) is 2.43. The van der Waals surface area contributed by atoms with Crippen LogP contribution in [-0.2, 0) is 21.0 Å². The summed E-state index contributed by atoms with van der Waals surface area (Å²) in [5, 5.41) is 3.95. The van der Waals surface area contributed by atoms with Gasteiger partial charge in [-0.25, -0.2) is 13.2 Å². The maximum absolute atomic E-state index is 12.2. The van der Waals surface area contributed by atoms with Crippen molar-refractivity contribution in [3.8, 4) is 5.75 Å². The Morgan fingerprint density at radius 1 is 1.16 bits per heavy atom. The van der Waals surface area contributed by atoms with E-state index in [4.69, 9.17) is 9.16 Å². The van der Waals surface area contributed by atoms with Crippen molar-refractivity contribution in [2.24, 2.45) is 0 Å². The number of amides is 1. The molecule has 6 nitrogen and oxygen atoms in total. The summed E-state index contributed by atoms with van der Waals surface area (Å²) in [7, 11) is -5.28. The van der Waals surface area contributed by atoms with Gasteiger partial charge in [0.2, 0.25) is 8.32 Å². The van der Waals surface area contributed by atoms with Gasteiger partial charge < -0.3 is 14.5 Å². The molecule has 0 aliphatic rings. The van der Waals surface area contributed by atoms with Crippen LogP contribution in [-0.4, -0.2) is 40.7 Å². The number of nitrogens with one attached hydrogen (secondary N) is 1. The number of aryl methyl sites for hydroxylation is 1. The summed E-state index contributed by atoms with van der Waals surface area (Å²) in [6.45, 7) is 18.3. The van der Waals surface area contributed by atoms with Gasteiger partial charge in [0.25, 0.3) is 0 Å². The fraction of sp³-hybridized carbons (Fsp3) is 0.609. The van der Waals surface area contributed by atoms with Gasteiger partial charge in [-0.3, -0.25) is 0 Å². The van der Waals surface area contributed by atoms with Crippen molar-refractivity contribution in [2.75, 3.05) is 6.26 Å². The maximum Gasteiger partial charge on any atom is 0.408 e. The summed E-state index contributed by atoms with van der Waals surface area (Å²) in [4.78, 5) is 12.2. The Morgan fingerprint density at radius 2 is 1.74 bits per heavy atom. The molecule has 0 saturated carbocycles. The summed E-state index contributed by atoms with van der Waals surface area (Å²) in [5.41, 5.74) is 1.32. The van der Waals surface area contributed by atoms with Crippen LogP contribution in [0.15, 0.2) is 29.7 Å². The Balaban J connectivity index is 3.07. The minimum absolute atomic E-state index is 0.0942. The lowest BCUT2D eigenvalue weighted by molar-refractivity contribution is 0.0514.